The van der Waals surface area contributed by atoms with E-state index in [1.807, 2.05) is 5.32 Å². The lowest BCUT2D eigenvalue weighted by molar-refractivity contribution is -0.174. The van der Waals surface area contributed by atoms with Gasteiger partial charge in [0.1, 0.15) is 11.6 Å². The molecule has 1 aliphatic rings. The van der Waals surface area contributed by atoms with Gasteiger partial charge in [-0.3, -0.25) is 4.79 Å². The number of hydrogen-bond acceptors (Lipinski definition) is 1. The fourth-order valence-electron chi connectivity index (χ4n) is 2.20. The third kappa shape index (κ3) is 3.02. The van der Waals surface area contributed by atoms with Crippen LogP contribution in [0.15, 0.2) is 12.1 Å². The van der Waals surface area contributed by atoms with Crippen molar-refractivity contribution in [1.82, 2.24) is 5.32 Å². The first-order valence-corrected chi connectivity index (χ1v) is 5.62. The van der Waals surface area contributed by atoms with Crippen molar-refractivity contribution in [3.8, 4) is 0 Å². The number of benzene rings is 1. The maximum atomic E-state index is 13.4. The van der Waals surface area contributed by atoms with Gasteiger partial charge in [-0.2, -0.15) is 13.2 Å². The number of rotatable bonds is 1. The number of amides is 1. The van der Waals surface area contributed by atoms with E-state index in [-0.39, 0.29) is 19.3 Å². The lowest BCUT2D eigenvalue weighted by Crippen LogP contribution is -2.45. The van der Waals surface area contributed by atoms with Crippen LogP contribution in [0.3, 0.4) is 0 Å². The van der Waals surface area contributed by atoms with Gasteiger partial charge in [-0.1, -0.05) is 0 Å². The molecule has 104 valence electrons. The van der Waals surface area contributed by atoms with E-state index in [1.165, 1.54) is 0 Å². The van der Waals surface area contributed by atoms with Gasteiger partial charge in [0.25, 0.3) is 0 Å². The Morgan fingerprint density at radius 3 is 2.58 bits per heavy atom. The number of fused-ring (bicyclic) bond motifs is 1. The molecule has 19 heavy (non-hydrogen) atoms. The van der Waals surface area contributed by atoms with E-state index in [0.29, 0.717) is 11.1 Å². The van der Waals surface area contributed by atoms with Crippen molar-refractivity contribution < 1.29 is 26.7 Å². The molecule has 1 N–H and O–H groups in total. The molecule has 1 aromatic rings. The largest absolute Gasteiger partial charge is 0.471 e. The van der Waals surface area contributed by atoms with Crippen molar-refractivity contribution in [2.24, 2.45) is 0 Å². The zero-order valence-corrected chi connectivity index (χ0v) is 9.65. The molecule has 0 aliphatic heterocycles. The smallest absolute Gasteiger partial charge is 0.345 e. The molecular formula is C12H10F5NO. The first kappa shape index (κ1) is 13.8. The van der Waals surface area contributed by atoms with Crippen LogP contribution < -0.4 is 5.32 Å². The van der Waals surface area contributed by atoms with Crippen LogP contribution in [-0.4, -0.2) is 18.1 Å². The quantitative estimate of drug-likeness (QED) is 0.786. The number of carbonyl (C=O) groups excluding carboxylic acids is 1. The molecule has 1 atom stereocenters. The van der Waals surface area contributed by atoms with Crippen LogP contribution in [0, 0.1) is 11.6 Å². The van der Waals surface area contributed by atoms with E-state index in [2.05, 4.69) is 0 Å². The molecular weight excluding hydrogens is 269 g/mol. The van der Waals surface area contributed by atoms with Crippen LogP contribution in [0.25, 0.3) is 0 Å². The molecule has 0 saturated carbocycles. The lowest BCUT2D eigenvalue weighted by atomic mass is 9.88. The molecule has 1 aliphatic carbocycles. The number of nitrogens with one attached hydrogen (secondary N) is 1. The van der Waals surface area contributed by atoms with Gasteiger partial charge in [-0.05, 0) is 36.5 Å². The molecule has 1 aromatic carbocycles. The van der Waals surface area contributed by atoms with E-state index in [1.54, 1.807) is 0 Å². The molecule has 0 fully saturated rings. The first-order valence-electron chi connectivity index (χ1n) is 5.62. The summed E-state index contributed by atoms with van der Waals surface area (Å²) in [6.45, 7) is 0. The van der Waals surface area contributed by atoms with E-state index in [9.17, 15) is 26.7 Å². The molecule has 0 saturated heterocycles. The normalized spacial score (nSPS) is 18.9. The lowest BCUT2D eigenvalue weighted by Gasteiger charge is -2.26. The molecule has 0 radical (unpaired) electrons. The Bertz CT molecular complexity index is 512. The Balaban J connectivity index is 2.12. The van der Waals surface area contributed by atoms with E-state index in [0.717, 1.165) is 12.1 Å². The number of alkyl halides is 3. The fraction of sp³-hybridized carbons (Fsp3) is 0.417. The Labute approximate surface area is 105 Å². The second-order valence-corrected chi connectivity index (χ2v) is 4.44. The Hall–Kier alpha value is -1.66. The molecule has 7 heteroatoms. The average Bonchev–Trinajstić information content (AvgIpc) is 2.26. The summed E-state index contributed by atoms with van der Waals surface area (Å²) >= 11 is 0. The predicted molar refractivity (Wildman–Crippen MR) is 56.4 cm³/mol. The minimum absolute atomic E-state index is 0.00810. The minimum atomic E-state index is -4.95. The van der Waals surface area contributed by atoms with Gasteiger partial charge in [0.2, 0.25) is 0 Å². The summed E-state index contributed by atoms with van der Waals surface area (Å²) in [5, 5.41) is 1.83. The maximum Gasteiger partial charge on any atom is 0.471 e. The molecule has 2 nitrogen and oxygen atoms in total. The summed E-state index contributed by atoms with van der Waals surface area (Å²) in [6.07, 6.45) is -4.60. The molecule has 2 rings (SSSR count). The molecule has 0 aromatic heterocycles. The summed E-state index contributed by atoms with van der Waals surface area (Å²) in [4.78, 5) is 10.8. The summed E-state index contributed by atoms with van der Waals surface area (Å²) in [7, 11) is 0. The van der Waals surface area contributed by atoms with Crippen LogP contribution in [0.2, 0.25) is 0 Å². The van der Waals surface area contributed by atoms with Crippen LogP contribution in [-0.2, 0) is 17.6 Å². The molecule has 0 unspecified atom stereocenters. The highest BCUT2D eigenvalue weighted by Gasteiger charge is 2.40. The van der Waals surface area contributed by atoms with Gasteiger partial charge in [0, 0.05) is 12.1 Å². The Morgan fingerprint density at radius 1 is 1.26 bits per heavy atom. The zero-order valence-electron chi connectivity index (χ0n) is 9.65. The molecule has 1 amide bonds. The second-order valence-electron chi connectivity index (χ2n) is 4.44. The molecule has 0 heterocycles. The van der Waals surface area contributed by atoms with Crippen LogP contribution in [0.4, 0.5) is 22.0 Å². The standard InChI is InChI=1S/C12H10F5NO/c13-7-3-6-4-8(18-11(19)12(15,16)17)1-2-9(6)10(14)5-7/h3,5,8H,1-2,4H2,(H,18,19)/t8-/m0/s1. The summed E-state index contributed by atoms with van der Waals surface area (Å²) in [6, 6.07) is 1.07. The van der Waals surface area contributed by atoms with Crippen molar-refractivity contribution in [1.29, 1.82) is 0 Å². The topological polar surface area (TPSA) is 29.1 Å². The Morgan fingerprint density at radius 2 is 1.95 bits per heavy atom. The van der Waals surface area contributed by atoms with Crippen molar-refractivity contribution in [2.75, 3.05) is 0 Å². The summed E-state index contributed by atoms with van der Waals surface area (Å²) < 4.78 is 62.7. The maximum absolute atomic E-state index is 13.4. The van der Waals surface area contributed by atoms with Crippen molar-refractivity contribution in [3.63, 3.8) is 0 Å². The SMILES string of the molecule is O=C(N[C@H]1CCc2c(F)cc(F)cc2C1)C(F)(F)F. The number of carbonyl (C=O) groups is 1. The number of halogens is 5. The van der Waals surface area contributed by atoms with Crippen LogP contribution in [0.5, 0.6) is 0 Å². The monoisotopic (exact) mass is 279 g/mol. The van der Waals surface area contributed by atoms with Gasteiger partial charge in [-0.15, -0.1) is 0 Å². The highest BCUT2D eigenvalue weighted by atomic mass is 19.4. The van der Waals surface area contributed by atoms with Gasteiger partial charge < -0.3 is 5.32 Å². The van der Waals surface area contributed by atoms with Gasteiger partial charge in [0.05, 0.1) is 0 Å². The van der Waals surface area contributed by atoms with Gasteiger partial charge >= 0.3 is 12.1 Å². The number of hydrogen-bond donors (Lipinski definition) is 1. The van der Waals surface area contributed by atoms with Crippen molar-refractivity contribution in [3.05, 3.63) is 34.9 Å². The third-order valence-electron chi connectivity index (χ3n) is 3.05. The second kappa shape index (κ2) is 4.79. The fourth-order valence-corrected chi connectivity index (χ4v) is 2.20. The van der Waals surface area contributed by atoms with Gasteiger partial charge in [-0.25, -0.2) is 8.78 Å². The zero-order chi connectivity index (χ0) is 14.2. The minimum Gasteiger partial charge on any atom is -0.345 e. The first-order chi connectivity index (χ1) is 8.77. The average molecular weight is 279 g/mol. The van der Waals surface area contributed by atoms with E-state index >= 15 is 0 Å². The van der Waals surface area contributed by atoms with Gasteiger partial charge in [0.15, 0.2) is 0 Å². The van der Waals surface area contributed by atoms with Crippen molar-refractivity contribution >= 4 is 5.91 Å². The third-order valence-corrected chi connectivity index (χ3v) is 3.05. The Kier molecular flexibility index (Phi) is 3.47. The molecule has 0 bridgehead atoms. The van der Waals surface area contributed by atoms with E-state index < -0.39 is 29.8 Å². The highest BCUT2D eigenvalue weighted by Crippen LogP contribution is 2.26. The van der Waals surface area contributed by atoms with Crippen LogP contribution in [0.1, 0.15) is 17.5 Å². The highest BCUT2D eigenvalue weighted by molar-refractivity contribution is 5.82. The summed E-state index contributed by atoms with van der Waals surface area (Å²) in [5.74, 6) is -3.51. The van der Waals surface area contributed by atoms with Crippen LogP contribution >= 0.6 is 0 Å². The summed E-state index contributed by atoms with van der Waals surface area (Å²) in [5.41, 5.74) is 0.607. The van der Waals surface area contributed by atoms with Crippen molar-refractivity contribution in [2.45, 2.75) is 31.5 Å². The predicted octanol–water partition coefficient (Wildman–Crippen LogP) is 2.50. The molecule has 0 spiro atoms. The van der Waals surface area contributed by atoms with E-state index in [4.69, 9.17) is 0 Å².